The number of rotatable bonds is 4. The molecule has 0 spiro atoms. The maximum atomic E-state index is 12.2. The van der Waals surface area contributed by atoms with Gasteiger partial charge in [-0.05, 0) is 43.7 Å². The second-order valence-electron chi connectivity index (χ2n) is 5.59. The number of carbonyl (C=O) groups excluding carboxylic acids is 1. The summed E-state index contributed by atoms with van der Waals surface area (Å²) in [6, 6.07) is 13.7. The van der Waals surface area contributed by atoms with Crippen molar-refractivity contribution in [3.63, 3.8) is 0 Å². The maximum Gasteiger partial charge on any atom is 0.282 e. The summed E-state index contributed by atoms with van der Waals surface area (Å²) in [4.78, 5) is 17.4. The third-order valence-electron chi connectivity index (χ3n) is 3.76. The number of sulfonamides is 1. The van der Waals surface area contributed by atoms with Crippen LogP contribution < -0.4 is 10.3 Å². The van der Waals surface area contributed by atoms with Gasteiger partial charge in [0.05, 0.1) is 4.90 Å². The van der Waals surface area contributed by atoms with Gasteiger partial charge in [-0.25, -0.2) is 8.42 Å². The molecule has 0 aliphatic heterocycles. The summed E-state index contributed by atoms with van der Waals surface area (Å²) in [6.45, 7) is 3.81. The smallest absolute Gasteiger partial charge is 0.282 e. The zero-order chi connectivity index (χ0) is 17.3. The summed E-state index contributed by atoms with van der Waals surface area (Å²) in [5, 5.41) is 0.920. The predicted octanol–water partition coefficient (Wildman–Crippen LogP) is 2.41. The van der Waals surface area contributed by atoms with Crippen molar-refractivity contribution in [3.8, 4) is 0 Å². The second-order valence-corrected chi connectivity index (χ2v) is 7.27. The Morgan fingerprint density at radius 2 is 1.75 bits per heavy atom. The Morgan fingerprint density at radius 3 is 2.42 bits per heavy atom. The Kier molecular flexibility index (Phi) is 4.13. The number of H-pyrrole nitrogens is 1. The maximum absolute atomic E-state index is 12.2. The quantitative estimate of drug-likeness (QED) is 0.635. The molecule has 0 saturated heterocycles. The summed E-state index contributed by atoms with van der Waals surface area (Å²) in [5.74, 6) is -0.554. The molecule has 24 heavy (non-hydrogen) atoms. The predicted molar refractivity (Wildman–Crippen MR) is 92.0 cm³/mol. The van der Waals surface area contributed by atoms with Crippen LogP contribution in [-0.4, -0.2) is 19.3 Å². The van der Waals surface area contributed by atoms with Crippen molar-refractivity contribution >= 4 is 26.8 Å². The topological polar surface area (TPSA) is 91.1 Å². The standard InChI is InChI=1S/C17H17N3O3S/c1-11-6-8-13(9-7-11)24(22,23)20-19-17(21)16-10-14-12(2)4-3-5-15(14)18-16/h3-10,18,20H,1-2H3,(H,19,21). The molecule has 1 aromatic heterocycles. The van der Waals surface area contributed by atoms with Crippen molar-refractivity contribution < 1.29 is 13.2 Å². The minimum absolute atomic E-state index is 0.0842. The van der Waals surface area contributed by atoms with Crippen LogP contribution in [0.5, 0.6) is 0 Å². The lowest BCUT2D eigenvalue weighted by Gasteiger charge is -2.07. The molecule has 3 N–H and O–H groups in total. The van der Waals surface area contributed by atoms with Gasteiger partial charge >= 0.3 is 0 Å². The van der Waals surface area contributed by atoms with E-state index in [1.165, 1.54) is 12.1 Å². The zero-order valence-electron chi connectivity index (χ0n) is 13.3. The lowest BCUT2D eigenvalue weighted by molar-refractivity contribution is 0.0941. The fourth-order valence-corrected chi connectivity index (χ4v) is 3.23. The van der Waals surface area contributed by atoms with E-state index >= 15 is 0 Å². The number of carbonyl (C=O) groups is 1. The largest absolute Gasteiger partial charge is 0.350 e. The highest BCUT2D eigenvalue weighted by molar-refractivity contribution is 7.89. The van der Waals surface area contributed by atoms with Crippen LogP contribution in [0.3, 0.4) is 0 Å². The summed E-state index contributed by atoms with van der Waals surface area (Å²) >= 11 is 0. The molecule has 3 rings (SSSR count). The van der Waals surface area contributed by atoms with Crippen molar-refractivity contribution in [2.24, 2.45) is 0 Å². The van der Waals surface area contributed by atoms with Gasteiger partial charge in [-0.15, -0.1) is 4.83 Å². The molecule has 0 unspecified atom stereocenters. The monoisotopic (exact) mass is 343 g/mol. The van der Waals surface area contributed by atoms with Crippen molar-refractivity contribution in [1.82, 2.24) is 15.2 Å². The summed E-state index contributed by atoms with van der Waals surface area (Å²) in [5.41, 5.74) is 5.31. The molecule has 0 bridgehead atoms. The molecule has 0 aliphatic carbocycles. The van der Waals surface area contributed by atoms with Gasteiger partial charge in [0.1, 0.15) is 5.69 Å². The number of hydrazine groups is 1. The Morgan fingerprint density at radius 1 is 1.04 bits per heavy atom. The fraction of sp³-hybridized carbons (Fsp3) is 0.118. The van der Waals surface area contributed by atoms with Gasteiger partial charge < -0.3 is 4.98 Å². The normalized spacial score (nSPS) is 11.6. The number of nitrogens with one attached hydrogen (secondary N) is 3. The van der Waals surface area contributed by atoms with Crippen molar-refractivity contribution in [2.45, 2.75) is 18.7 Å². The highest BCUT2D eigenvalue weighted by Crippen LogP contribution is 2.19. The minimum atomic E-state index is -3.81. The van der Waals surface area contributed by atoms with Crippen LogP contribution in [0.1, 0.15) is 21.6 Å². The summed E-state index contributed by atoms with van der Waals surface area (Å²) in [6.07, 6.45) is 0. The molecule has 7 heteroatoms. The first-order valence-corrected chi connectivity index (χ1v) is 8.82. The Bertz CT molecular complexity index is 1010. The van der Waals surface area contributed by atoms with E-state index in [2.05, 4.69) is 15.2 Å². The number of aromatic nitrogens is 1. The molecule has 1 heterocycles. The molecule has 3 aromatic rings. The van der Waals surface area contributed by atoms with Crippen molar-refractivity contribution in [2.75, 3.05) is 0 Å². The molecule has 0 saturated carbocycles. The molecule has 6 nitrogen and oxygen atoms in total. The lowest BCUT2D eigenvalue weighted by Crippen LogP contribution is -2.41. The van der Waals surface area contributed by atoms with E-state index in [1.807, 2.05) is 32.0 Å². The van der Waals surface area contributed by atoms with Gasteiger partial charge in [0.25, 0.3) is 15.9 Å². The molecule has 124 valence electrons. The fourth-order valence-electron chi connectivity index (χ4n) is 2.39. The second kappa shape index (κ2) is 6.10. The summed E-state index contributed by atoms with van der Waals surface area (Å²) < 4.78 is 24.3. The lowest BCUT2D eigenvalue weighted by atomic mass is 10.1. The Labute approximate surface area is 139 Å². The van der Waals surface area contributed by atoms with E-state index in [0.717, 1.165) is 22.0 Å². The molecule has 2 aromatic carbocycles. The van der Waals surface area contributed by atoms with Gasteiger partial charge in [0.15, 0.2) is 0 Å². The SMILES string of the molecule is Cc1ccc(S(=O)(=O)NNC(=O)c2cc3c(C)cccc3[nH]2)cc1. The highest BCUT2D eigenvalue weighted by Gasteiger charge is 2.16. The van der Waals surface area contributed by atoms with Gasteiger partial charge in [0, 0.05) is 10.9 Å². The molecular weight excluding hydrogens is 326 g/mol. The Hall–Kier alpha value is -2.64. The summed E-state index contributed by atoms with van der Waals surface area (Å²) in [7, 11) is -3.81. The van der Waals surface area contributed by atoms with Crippen LogP contribution in [0.2, 0.25) is 0 Å². The average Bonchev–Trinajstić information content (AvgIpc) is 2.99. The Balaban J connectivity index is 1.76. The van der Waals surface area contributed by atoms with E-state index in [-0.39, 0.29) is 10.6 Å². The van der Waals surface area contributed by atoms with E-state index in [4.69, 9.17) is 0 Å². The highest BCUT2D eigenvalue weighted by atomic mass is 32.2. The van der Waals surface area contributed by atoms with Crippen LogP contribution in [0, 0.1) is 13.8 Å². The number of hydrogen-bond donors (Lipinski definition) is 3. The molecule has 0 fully saturated rings. The van der Waals surface area contributed by atoms with Crippen LogP contribution in [0.25, 0.3) is 10.9 Å². The number of aryl methyl sites for hydroxylation is 2. The average molecular weight is 343 g/mol. The van der Waals surface area contributed by atoms with Crippen LogP contribution in [0.4, 0.5) is 0 Å². The van der Waals surface area contributed by atoms with Crippen molar-refractivity contribution in [3.05, 3.63) is 65.4 Å². The first kappa shape index (κ1) is 16.2. The van der Waals surface area contributed by atoms with Crippen LogP contribution in [0.15, 0.2) is 53.4 Å². The molecule has 0 aliphatic rings. The van der Waals surface area contributed by atoms with E-state index in [0.29, 0.717) is 0 Å². The molecule has 1 amide bonds. The van der Waals surface area contributed by atoms with E-state index < -0.39 is 15.9 Å². The van der Waals surface area contributed by atoms with Crippen LogP contribution >= 0.6 is 0 Å². The third kappa shape index (κ3) is 3.17. The number of benzene rings is 2. The number of amides is 1. The zero-order valence-corrected chi connectivity index (χ0v) is 14.1. The number of hydrogen-bond acceptors (Lipinski definition) is 3. The van der Waals surface area contributed by atoms with Crippen molar-refractivity contribution in [1.29, 1.82) is 0 Å². The van der Waals surface area contributed by atoms with E-state index in [9.17, 15) is 13.2 Å². The number of aromatic amines is 1. The van der Waals surface area contributed by atoms with Gasteiger partial charge in [-0.3, -0.25) is 10.2 Å². The minimum Gasteiger partial charge on any atom is -0.350 e. The molecular formula is C17H17N3O3S. The van der Waals surface area contributed by atoms with E-state index in [1.54, 1.807) is 18.2 Å². The first-order chi connectivity index (χ1) is 11.4. The third-order valence-corrected chi connectivity index (χ3v) is 5.02. The number of fused-ring (bicyclic) bond motifs is 1. The van der Waals surface area contributed by atoms with Crippen LogP contribution in [-0.2, 0) is 10.0 Å². The van der Waals surface area contributed by atoms with Gasteiger partial charge in [0.2, 0.25) is 0 Å². The first-order valence-electron chi connectivity index (χ1n) is 7.34. The van der Waals surface area contributed by atoms with Gasteiger partial charge in [-0.1, -0.05) is 29.8 Å². The molecule has 0 radical (unpaired) electrons. The van der Waals surface area contributed by atoms with Gasteiger partial charge in [-0.2, -0.15) is 0 Å². The molecule has 0 atom stereocenters.